The molecule has 0 bridgehead atoms. The summed E-state index contributed by atoms with van der Waals surface area (Å²) in [5.74, 6) is 0. The van der Waals surface area contributed by atoms with Crippen molar-refractivity contribution >= 4 is 42.3 Å². The van der Waals surface area contributed by atoms with Gasteiger partial charge in [0.05, 0.1) is 16.3 Å². The molecule has 3 N–H and O–H groups in total. The van der Waals surface area contributed by atoms with E-state index < -0.39 is 30.1 Å². The fourth-order valence-electron chi connectivity index (χ4n) is 2.88. The Kier molecular flexibility index (Phi) is 7.60. The van der Waals surface area contributed by atoms with Crippen molar-refractivity contribution in [1.82, 2.24) is 0 Å². The Morgan fingerprint density at radius 1 is 1.08 bits per heavy atom. The largest absolute Gasteiger partial charge is 0.437 e. The molecule has 0 spiro atoms. The molecule has 0 saturated carbocycles. The summed E-state index contributed by atoms with van der Waals surface area (Å²) in [6.07, 6.45) is 0.897. The minimum Gasteiger partial charge on any atom is -0.437 e. The zero-order valence-corrected chi connectivity index (χ0v) is 20.0. The van der Waals surface area contributed by atoms with E-state index in [0.717, 1.165) is 18.2 Å². The molecule has 0 atom stereocenters. The predicted octanol–water partition coefficient (Wildman–Crippen LogP) is 4.75. The highest BCUT2D eigenvalue weighted by atomic mass is 28.5. The van der Waals surface area contributed by atoms with Crippen molar-refractivity contribution in [2.45, 2.75) is 58.3 Å². The highest BCUT2D eigenvalue weighted by Crippen LogP contribution is 2.27. The van der Waals surface area contributed by atoms with Crippen molar-refractivity contribution in [3.05, 3.63) is 28.3 Å². The van der Waals surface area contributed by atoms with Gasteiger partial charge in [0.1, 0.15) is 0 Å². The molecule has 0 aromatic heterocycles. The Bertz CT molecular complexity index is 614. The molecule has 0 fully saturated rings. The summed E-state index contributed by atoms with van der Waals surface area (Å²) in [4.78, 5) is 10.3. The van der Waals surface area contributed by atoms with Gasteiger partial charge in [-0.05, 0) is 64.4 Å². The summed E-state index contributed by atoms with van der Waals surface area (Å²) in [7, 11) is -5.61. The lowest BCUT2D eigenvalue weighted by atomic mass is 10.2. The predicted molar refractivity (Wildman–Crippen MR) is 116 cm³/mol. The van der Waals surface area contributed by atoms with Crippen LogP contribution >= 0.6 is 0 Å². The molecule has 0 radical (unpaired) electrons. The molecule has 0 aliphatic rings. The second-order valence-corrected chi connectivity index (χ2v) is 21.5. The van der Waals surface area contributed by atoms with Crippen molar-refractivity contribution in [2.24, 2.45) is 0 Å². The van der Waals surface area contributed by atoms with E-state index in [1.54, 1.807) is 6.07 Å². The Balaban J connectivity index is 2.66. The van der Waals surface area contributed by atoms with Crippen molar-refractivity contribution in [3.63, 3.8) is 0 Å². The zero-order valence-electron chi connectivity index (χ0n) is 17.0. The Morgan fingerprint density at radius 3 is 2.04 bits per heavy atom. The first kappa shape index (κ1) is 22.8. The lowest BCUT2D eigenvalue weighted by Gasteiger charge is -2.38. The van der Waals surface area contributed by atoms with Crippen LogP contribution in [0.2, 0.25) is 51.9 Å². The quantitative estimate of drug-likeness (QED) is 0.188. The number of benzene rings is 1. The monoisotopic (exact) mass is 415 g/mol. The van der Waals surface area contributed by atoms with E-state index in [2.05, 4.69) is 51.1 Å². The van der Waals surface area contributed by atoms with E-state index in [1.165, 1.54) is 12.1 Å². The first-order chi connectivity index (χ1) is 11.7. The summed E-state index contributed by atoms with van der Waals surface area (Å²) >= 11 is 0. The average Bonchev–Trinajstić information content (AvgIpc) is 2.40. The smallest absolute Gasteiger partial charge is 0.314 e. The number of nitrogen functional groups attached to an aromatic ring is 1. The summed E-state index contributed by atoms with van der Waals surface area (Å²) in [6, 6.07) is 5.40. The van der Waals surface area contributed by atoms with Gasteiger partial charge in [-0.15, -0.1) is 0 Å². The maximum absolute atomic E-state index is 10.8. The van der Waals surface area contributed by atoms with Crippen LogP contribution in [0.4, 0.5) is 17.1 Å². The third kappa shape index (κ3) is 8.45. The van der Waals surface area contributed by atoms with Crippen LogP contribution in [0.5, 0.6) is 0 Å². The van der Waals surface area contributed by atoms with Gasteiger partial charge in [-0.3, -0.25) is 10.1 Å². The van der Waals surface area contributed by atoms with Gasteiger partial charge in [-0.1, -0.05) is 0 Å². The first-order valence-electron chi connectivity index (χ1n) is 8.89. The number of nitro groups is 1. The second-order valence-electron chi connectivity index (χ2n) is 8.62. The Morgan fingerprint density at radius 2 is 1.62 bits per heavy atom. The molecule has 0 aliphatic carbocycles. The molecule has 0 amide bonds. The molecule has 0 heterocycles. The number of non-ortho nitro benzene ring substituents is 1. The van der Waals surface area contributed by atoms with Crippen molar-refractivity contribution < 1.29 is 13.2 Å². The summed E-state index contributed by atoms with van der Waals surface area (Å²) in [5, 5.41) is 14.0. The second kappa shape index (κ2) is 8.65. The van der Waals surface area contributed by atoms with Gasteiger partial charge in [-0.25, -0.2) is 0 Å². The Hall–Kier alpha value is -1.21. The number of nitrogens with one attached hydrogen (secondary N) is 1. The van der Waals surface area contributed by atoms with Crippen LogP contribution < -0.4 is 11.1 Å². The summed E-state index contributed by atoms with van der Waals surface area (Å²) < 4.78 is 13.0. The van der Waals surface area contributed by atoms with Crippen LogP contribution in [0.25, 0.3) is 0 Å². The number of hydrogen-bond acceptors (Lipinski definition) is 6. The van der Waals surface area contributed by atoms with Crippen molar-refractivity contribution in [3.8, 4) is 0 Å². The first-order valence-corrected chi connectivity index (χ1v) is 18.2. The molecule has 1 rings (SSSR count). The highest BCUT2D eigenvalue weighted by molar-refractivity contribution is 6.87. The summed E-state index contributed by atoms with van der Waals surface area (Å²) in [5.41, 5.74) is 7.00. The van der Waals surface area contributed by atoms with Crippen LogP contribution in [0.15, 0.2) is 18.2 Å². The van der Waals surface area contributed by atoms with Crippen LogP contribution in [0.1, 0.15) is 6.42 Å². The van der Waals surface area contributed by atoms with Gasteiger partial charge < -0.3 is 19.3 Å². The lowest BCUT2D eigenvalue weighted by Crippen LogP contribution is -2.52. The van der Waals surface area contributed by atoms with E-state index in [9.17, 15) is 10.1 Å². The number of nitro benzene ring substituents is 1. The minimum atomic E-state index is -2.23. The average molecular weight is 416 g/mol. The van der Waals surface area contributed by atoms with Crippen LogP contribution in [-0.4, -0.2) is 36.7 Å². The van der Waals surface area contributed by atoms with Gasteiger partial charge in [0.2, 0.25) is 0 Å². The number of nitrogens with zero attached hydrogens (tertiary/aromatic N) is 1. The van der Waals surface area contributed by atoms with Gasteiger partial charge >= 0.3 is 8.56 Å². The maximum Gasteiger partial charge on any atom is 0.314 e. The van der Waals surface area contributed by atoms with Gasteiger partial charge in [0.15, 0.2) is 16.6 Å². The van der Waals surface area contributed by atoms with E-state index in [4.69, 9.17) is 14.0 Å². The Labute approximate surface area is 159 Å². The number of anilines is 2. The normalized spacial score (nSPS) is 12.9. The molecule has 0 aliphatic heterocycles. The molecule has 1 aromatic carbocycles. The van der Waals surface area contributed by atoms with Gasteiger partial charge in [-0.2, -0.15) is 0 Å². The fourth-order valence-corrected chi connectivity index (χ4v) is 15.4. The lowest BCUT2D eigenvalue weighted by molar-refractivity contribution is -0.384. The molecule has 0 unspecified atom stereocenters. The third-order valence-electron chi connectivity index (χ3n) is 3.41. The fraction of sp³-hybridized carbons (Fsp3) is 0.625. The summed E-state index contributed by atoms with van der Waals surface area (Å²) in [6.45, 7) is 16.1. The molecule has 10 heteroatoms. The molecular weight excluding hydrogens is 382 g/mol. The number of nitrogens with two attached hydrogens (primary N) is 1. The number of hydrogen-bond donors (Lipinski definition) is 2. The zero-order chi connectivity index (χ0) is 20.2. The van der Waals surface area contributed by atoms with Crippen LogP contribution in [-0.2, 0) is 8.23 Å². The SMILES string of the molecule is C[Si](C)(C)O[Si](C)(CCCNc1ccc([N+](=O)[O-])cc1N)O[Si](C)(C)C. The maximum atomic E-state index is 10.8. The minimum absolute atomic E-state index is 0.0000966. The molecule has 7 nitrogen and oxygen atoms in total. The third-order valence-corrected chi connectivity index (χ3v) is 13.0. The van der Waals surface area contributed by atoms with Gasteiger partial charge in [0, 0.05) is 18.7 Å². The molecular formula is C16H33N3O4Si3. The molecule has 0 saturated heterocycles. The van der Waals surface area contributed by atoms with E-state index >= 15 is 0 Å². The van der Waals surface area contributed by atoms with E-state index in [-0.39, 0.29) is 5.69 Å². The topological polar surface area (TPSA) is 99.6 Å². The van der Waals surface area contributed by atoms with E-state index in [1.807, 2.05) is 0 Å². The van der Waals surface area contributed by atoms with Gasteiger partial charge in [0.25, 0.3) is 5.69 Å². The van der Waals surface area contributed by atoms with Crippen molar-refractivity contribution in [2.75, 3.05) is 17.6 Å². The molecule has 1 aromatic rings. The van der Waals surface area contributed by atoms with Crippen LogP contribution in [0.3, 0.4) is 0 Å². The van der Waals surface area contributed by atoms with Crippen LogP contribution in [0, 0.1) is 10.1 Å². The molecule has 148 valence electrons. The standard InChI is InChI=1S/C16H33N3O4Si3/c1-24(2,3)22-26(7,23-25(4,5)6)12-8-11-18-16-10-9-14(19(20)21)13-15(16)17/h9-10,13,18H,8,11-12,17H2,1-7H3. The number of rotatable bonds is 10. The van der Waals surface area contributed by atoms with Crippen molar-refractivity contribution in [1.29, 1.82) is 0 Å². The highest BCUT2D eigenvalue weighted by Gasteiger charge is 2.39. The molecule has 26 heavy (non-hydrogen) atoms. The van der Waals surface area contributed by atoms with E-state index in [0.29, 0.717) is 12.2 Å².